The van der Waals surface area contributed by atoms with Crippen LogP contribution in [-0.4, -0.2) is 61.5 Å². The number of hydrogen-bond donors (Lipinski definition) is 3. The van der Waals surface area contributed by atoms with Crippen LogP contribution in [0.2, 0.25) is 0 Å². The Bertz CT molecular complexity index is 1070. The molecule has 0 bridgehead atoms. The van der Waals surface area contributed by atoms with Gasteiger partial charge in [0.15, 0.2) is 0 Å². The third kappa shape index (κ3) is 7.22. The summed E-state index contributed by atoms with van der Waals surface area (Å²) in [5, 5.41) is 5.35. The molecule has 0 aliphatic carbocycles. The molecule has 4 N–H and O–H groups in total. The van der Waals surface area contributed by atoms with Crippen LogP contribution in [0.5, 0.6) is 0 Å². The lowest BCUT2D eigenvalue weighted by molar-refractivity contribution is -0.136. The number of piperidine rings is 1. The predicted octanol–water partition coefficient (Wildman–Crippen LogP) is 3.33. The summed E-state index contributed by atoms with van der Waals surface area (Å²) in [7, 11) is 2.24. The number of nitrogen functional groups attached to an aromatic ring is 1. The Morgan fingerprint density at radius 1 is 1.14 bits per heavy atom. The minimum absolute atomic E-state index is 0.284. The van der Waals surface area contributed by atoms with Gasteiger partial charge in [0.05, 0.1) is 11.9 Å². The number of amides is 2. The van der Waals surface area contributed by atoms with Crippen LogP contribution in [0, 0.1) is 17.8 Å². The topological polar surface area (TPSA) is 104 Å². The largest absolute Gasteiger partial charge is 0.383 e. The second-order valence-corrected chi connectivity index (χ2v) is 10.9. The summed E-state index contributed by atoms with van der Waals surface area (Å²) in [6.45, 7) is 9.34. The first-order valence-electron chi connectivity index (χ1n) is 13.7. The molecular weight excluding hydrogens is 464 g/mol. The minimum Gasteiger partial charge on any atom is -0.383 e. The fraction of sp³-hybridized carbons (Fsp3) is 0.552. The van der Waals surface area contributed by atoms with Gasteiger partial charge in [-0.3, -0.25) is 9.59 Å². The molecule has 37 heavy (non-hydrogen) atoms. The number of nitrogens with two attached hydrogens (primary N) is 1. The van der Waals surface area contributed by atoms with Crippen LogP contribution in [0.1, 0.15) is 44.2 Å². The molecule has 3 atom stereocenters. The van der Waals surface area contributed by atoms with Crippen molar-refractivity contribution in [3.63, 3.8) is 0 Å². The van der Waals surface area contributed by atoms with Crippen molar-refractivity contribution in [1.82, 2.24) is 15.2 Å². The monoisotopic (exact) mass is 506 g/mol. The molecule has 2 aliphatic rings. The number of carbonyl (C=O) groups is 2. The first kappa shape index (κ1) is 26.9. The molecule has 1 aromatic carbocycles. The second-order valence-electron chi connectivity index (χ2n) is 10.9. The Labute approximate surface area is 221 Å². The van der Waals surface area contributed by atoms with Crippen molar-refractivity contribution in [1.29, 1.82) is 0 Å². The van der Waals surface area contributed by atoms with Crippen LogP contribution < -0.4 is 21.3 Å². The molecule has 0 radical (unpaired) electrons. The van der Waals surface area contributed by atoms with Gasteiger partial charge in [-0.05, 0) is 92.8 Å². The summed E-state index contributed by atoms with van der Waals surface area (Å²) >= 11 is 0. The second kappa shape index (κ2) is 12.4. The number of nitrogens with zero attached hydrogens (tertiary/aromatic N) is 3. The third-order valence-electron chi connectivity index (χ3n) is 7.93. The molecule has 8 heteroatoms. The van der Waals surface area contributed by atoms with Crippen molar-refractivity contribution in [2.24, 2.45) is 17.8 Å². The van der Waals surface area contributed by atoms with E-state index in [0.717, 1.165) is 36.7 Å². The van der Waals surface area contributed by atoms with Crippen molar-refractivity contribution in [2.45, 2.75) is 46.0 Å². The van der Waals surface area contributed by atoms with Crippen molar-refractivity contribution < 1.29 is 9.59 Å². The van der Waals surface area contributed by atoms with Gasteiger partial charge in [0.25, 0.3) is 0 Å². The highest BCUT2D eigenvalue weighted by Crippen LogP contribution is 2.33. The van der Waals surface area contributed by atoms with E-state index in [-0.39, 0.29) is 5.92 Å². The van der Waals surface area contributed by atoms with E-state index in [1.807, 2.05) is 6.92 Å². The Morgan fingerprint density at radius 3 is 2.65 bits per heavy atom. The number of fused-ring (bicyclic) bond motifs is 1. The number of aromatic nitrogens is 1. The summed E-state index contributed by atoms with van der Waals surface area (Å²) in [5.74, 6) is 1.04. The fourth-order valence-corrected chi connectivity index (χ4v) is 5.60. The van der Waals surface area contributed by atoms with Crippen LogP contribution >= 0.6 is 0 Å². The van der Waals surface area contributed by atoms with Crippen LogP contribution in [-0.2, 0) is 22.4 Å². The molecule has 2 saturated heterocycles. The normalized spacial score (nSPS) is 20.4. The minimum atomic E-state index is -0.690. The zero-order chi connectivity index (χ0) is 26.4. The fourth-order valence-electron chi connectivity index (χ4n) is 5.60. The number of pyridine rings is 1. The van der Waals surface area contributed by atoms with Crippen LogP contribution in [0.3, 0.4) is 0 Å². The number of carbonyl (C=O) groups excluding carboxylic acids is 2. The van der Waals surface area contributed by atoms with E-state index < -0.39 is 11.8 Å². The molecule has 0 unspecified atom stereocenters. The molecule has 3 heterocycles. The first-order valence-corrected chi connectivity index (χ1v) is 13.7. The van der Waals surface area contributed by atoms with Crippen LogP contribution in [0.25, 0.3) is 0 Å². The molecule has 1 aromatic heterocycles. The lowest BCUT2D eigenvalue weighted by Gasteiger charge is -2.31. The average Bonchev–Trinajstić information content (AvgIpc) is 3.32. The van der Waals surface area contributed by atoms with E-state index in [1.165, 1.54) is 50.0 Å². The maximum absolute atomic E-state index is 12.2. The summed E-state index contributed by atoms with van der Waals surface area (Å²) in [4.78, 5) is 33.6. The van der Waals surface area contributed by atoms with Gasteiger partial charge in [0, 0.05) is 31.9 Å². The van der Waals surface area contributed by atoms with Gasteiger partial charge in [-0.25, -0.2) is 4.98 Å². The Kier molecular flexibility index (Phi) is 9.03. The molecule has 2 amide bonds. The van der Waals surface area contributed by atoms with Crippen molar-refractivity contribution in [2.75, 3.05) is 55.7 Å². The Hall–Kier alpha value is -3.13. The van der Waals surface area contributed by atoms with Crippen LogP contribution in [0.4, 0.5) is 17.2 Å². The number of likely N-dealkylation sites (tertiary alicyclic amines) is 1. The maximum atomic E-state index is 12.2. The van der Waals surface area contributed by atoms with E-state index in [1.54, 1.807) is 6.07 Å². The number of hydrogen-bond acceptors (Lipinski definition) is 6. The Balaban J connectivity index is 1.14. The zero-order valence-electron chi connectivity index (χ0n) is 22.5. The van der Waals surface area contributed by atoms with Gasteiger partial charge >= 0.3 is 11.8 Å². The highest BCUT2D eigenvalue weighted by Gasteiger charge is 2.36. The van der Waals surface area contributed by atoms with Gasteiger partial charge in [0.1, 0.15) is 5.82 Å². The highest BCUT2D eigenvalue weighted by atomic mass is 16.2. The van der Waals surface area contributed by atoms with E-state index in [9.17, 15) is 9.59 Å². The van der Waals surface area contributed by atoms with Gasteiger partial charge in [-0.2, -0.15) is 0 Å². The number of aryl methyl sites for hydroxylation is 2. The predicted molar refractivity (Wildman–Crippen MR) is 150 cm³/mol. The summed E-state index contributed by atoms with van der Waals surface area (Å²) in [5.41, 5.74) is 9.80. The molecule has 2 aliphatic heterocycles. The summed E-state index contributed by atoms with van der Waals surface area (Å²) in [6.07, 6.45) is 6.52. The number of rotatable bonds is 9. The lowest BCUT2D eigenvalue weighted by Crippen LogP contribution is -2.37. The van der Waals surface area contributed by atoms with Gasteiger partial charge in [0.2, 0.25) is 0 Å². The summed E-state index contributed by atoms with van der Waals surface area (Å²) in [6, 6.07) is 10.8. The van der Waals surface area contributed by atoms with E-state index in [4.69, 9.17) is 5.73 Å². The quantitative estimate of drug-likeness (QED) is 0.451. The van der Waals surface area contributed by atoms with Crippen molar-refractivity contribution >= 4 is 29.0 Å². The highest BCUT2D eigenvalue weighted by molar-refractivity contribution is 6.39. The zero-order valence-corrected chi connectivity index (χ0v) is 22.5. The molecule has 0 spiro atoms. The van der Waals surface area contributed by atoms with Crippen molar-refractivity contribution in [3.05, 3.63) is 47.7 Å². The molecule has 200 valence electrons. The molecule has 0 saturated carbocycles. The number of benzene rings is 1. The number of nitrogens with one attached hydrogen (secondary N) is 2. The smallest absolute Gasteiger partial charge is 0.313 e. The van der Waals surface area contributed by atoms with E-state index >= 15 is 0 Å². The lowest BCUT2D eigenvalue weighted by atomic mass is 9.89. The van der Waals surface area contributed by atoms with Crippen LogP contribution in [0.15, 0.2) is 36.5 Å². The molecule has 8 nitrogen and oxygen atoms in total. The first-order chi connectivity index (χ1) is 17.8. The molecular formula is C29H42N6O2. The van der Waals surface area contributed by atoms with E-state index in [0.29, 0.717) is 24.5 Å². The molecule has 2 aromatic rings. The SMILES string of the molecule is CCc1cc(NC(=O)C(=O)NC[C@@H](C)CCCc2ccc(N3C[C@H]4CN(C)CC[C@H]4C3)cc2)cnc1N. The third-order valence-corrected chi connectivity index (χ3v) is 7.93. The maximum Gasteiger partial charge on any atom is 0.313 e. The molecule has 2 fully saturated rings. The number of anilines is 3. The van der Waals surface area contributed by atoms with Gasteiger partial charge < -0.3 is 26.2 Å². The average molecular weight is 507 g/mol. The standard InChI is InChI=1S/C29H42N6O2/c1-4-22-14-25(16-31-27(22)30)33-29(37)28(36)32-15-20(2)6-5-7-21-8-10-26(11-9-21)35-18-23-12-13-34(3)17-24(23)19-35/h8-11,14,16,20,23-24H,4-7,12-13,15,17-19H2,1-3H3,(H2,30,31)(H,32,36)(H,33,37)/t20-,23-,24+/m0/s1. The van der Waals surface area contributed by atoms with Crippen molar-refractivity contribution in [3.8, 4) is 0 Å². The van der Waals surface area contributed by atoms with E-state index in [2.05, 4.69) is 63.7 Å². The Morgan fingerprint density at radius 2 is 1.89 bits per heavy atom. The molecule has 4 rings (SSSR count). The van der Waals surface area contributed by atoms with Gasteiger partial charge in [-0.1, -0.05) is 26.0 Å². The van der Waals surface area contributed by atoms with Gasteiger partial charge in [-0.15, -0.1) is 0 Å². The summed E-state index contributed by atoms with van der Waals surface area (Å²) < 4.78 is 0.